The van der Waals surface area contributed by atoms with Gasteiger partial charge in [-0.3, -0.25) is 0 Å². The normalized spacial score (nSPS) is 20.6. The van der Waals surface area contributed by atoms with E-state index in [9.17, 15) is 0 Å². The van der Waals surface area contributed by atoms with Crippen LogP contribution in [0.5, 0.6) is 0 Å². The molecule has 3 N–H and O–H groups in total. The summed E-state index contributed by atoms with van der Waals surface area (Å²) >= 11 is 0. The van der Waals surface area contributed by atoms with Crippen LogP contribution in [0.25, 0.3) is 11.2 Å². The Morgan fingerprint density at radius 1 is 1.47 bits per heavy atom. The van der Waals surface area contributed by atoms with E-state index in [1.54, 1.807) is 13.4 Å². The number of fused-ring (bicyclic) bond motifs is 1. The van der Waals surface area contributed by atoms with Gasteiger partial charge in [0.05, 0.1) is 12.9 Å². The van der Waals surface area contributed by atoms with Crippen LogP contribution in [0.3, 0.4) is 0 Å². The molecule has 0 aromatic carbocycles. The molecule has 2 aromatic heterocycles. The fourth-order valence-electron chi connectivity index (χ4n) is 2.33. The maximum Gasteiger partial charge on any atom is 0.226 e. The summed E-state index contributed by atoms with van der Waals surface area (Å²) in [6.07, 6.45) is 2.72. The van der Waals surface area contributed by atoms with Gasteiger partial charge in [-0.05, 0) is 13.3 Å². The van der Waals surface area contributed by atoms with E-state index in [1.807, 2.05) is 0 Å². The molecule has 0 bridgehead atoms. The van der Waals surface area contributed by atoms with Gasteiger partial charge >= 0.3 is 0 Å². The first-order valence-corrected chi connectivity index (χ1v) is 6.51. The molecule has 1 aliphatic rings. The lowest BCUT2D eigenvalue weighted by molar-refractivity contribution is 0.183. The van der Waals surface area contributed by atoms with Gasteiger partial charge in [-0.2, -0.15) is 9.97 Å². The van der Waals surface area contributed by atoms with Crippen molar-refractivity contribution in [3.63, 3.8) is 0 Å². The molecule has 2 atom stereocenters. The molecule has 19 heavy (non-hydrogen) atoms. The molecule has 3 heterocycles. The molecule has 0 radical (unpaired) electrons. The highest BCUT2D eigenvalue weighted by Crippen LogP contribution is 2.23. The third kappa shape index (κ3) is 2.33. The number of hydrogen-bond acceptors (Lipinski definition) is 6. The molecule has 0 spiro atoms. The van der Waals surface area contributed by atoms with Crippen molar-refractivity contribution < 1.29 is 4.74 Å². The van der Waals surface area contributed by atoms with Crippen LogP contribution in [0, 0.1) is 5.92 Å². The lowest BCUT2D eigenvalue weighted by atomic mass is 10.0. The minimum absolute atomic E-state index is 0.300. The maximum absolute atomic E-state index is 5.43. The molecular weight excluding hydrogens is 244 g/mol. The van der Waals surface area contributed by atoms with E-state index in [0.717, 1.165) is 31.0 Å². The lowest BCUT2D eigenvalue weighted by Crippen LogP contribution is -2.27. The summed E-state index contributed by atoms with van der Waals surface area (Å²) in [5, 5.41) is 6.40. The van der Waals surface area contributed by atoms with Crippen molar-refractivity contribution in [3.8, 4) is 0 Å². The van der Waals surface area contributed by atoms with Crippen molar-refractivity contribution in [1.82, 2.24) is 19.9 Å². The van der Waals surface area contributed by atoms with Gasteiger partial charge in [0.2, 0.25) is 5.95 Å². The number of nitrogens with zero attached hydrogens (tertiary/aromatic N) is 3. The Labute approximate surface area is 111 Å². The van der Waals surface area contributed by atoms with Crippen molar-refractivity contribution in [2.75, 3.05) is 30.9 Å². The molecule has 0 amide bonds. The predicted octanol–water partition coefficient (Wildman–Crippen LogP) is 1.23. The summed E-state index contributed by atoms with van der Waals surface area (Å²) in [5.74, 6) is 1.87. The SMILES string of the molecule is CNc1nc(NC(C)C2CCOC2)c2[nH]cnc2n1. The average molecular weight is 262 g/mol. The molecule has 102 valence electrons. The van der Waals surface area contributed by atoms with E-state index >= 15 is 0 Å². The summed E-state index contributed by atoms with van der Waals surface area (Å²) in [5.41, 5.74) is 1.50. The lowest BCUT2D eigenvalue weighted by Gasteiger charge is -2.20. The van der Waals surface area contributed by atoms with Crippen LogP contribution in [0.1, 0.15) is 13.3 Å². The van der Waals surface area contributed by atoms with Crippen LogP contribution in [0.4, 0.5) is 11.8 Å². The van der Waals surface area contributed by atoms with Gasteiger partial charge in [-0.15, -0.1) is 0 Å². The minimum atomic E-state index is 0.300. The van der Waals surface area contributed by atoms with Gasteiger partial charge in [0.1, 0.15) is 5.52 Å². The van der Waals surface area contributed by atoms with Gasteiger partial charge in [-0.25, -0.2) is 4.98 Å². The largest absolute Gasteiger partial charge is 0.381 e. The highest BCUT2D eigenvalue weighted by molar-refractivity contribution is 5.83. The van der Waals surface area contributed by atoms with E-state index in [4.69, 9.17) is 4.74 Å². The van der Waals surface area contributed by atoms with Crippen LogP contribution >= 0.6 is 0 Å². The standard InChI is InChI=1S/C12H18N6O/c1-7(8-3-4-19-5-8)16-11-9-10(15-6-14-9)17-12(13-2)18-11/h6-8H,3-5H2,1-2H3,(H3,13,14,15,16,17,18). The molecule has 1 fully saturated rings. The van der Waals surface area contributed by atoms with E-state index in [0.29, 0.717) is 23.6 Å². The summed E-state index contributed by atoms with van der Waals surface area (Å²) in [4.78, 5) is 16.0. The Balaban J connectivity index is 1.88. The second-order valence-corrected chi connectivity index (χ2v) is 4.80. The zero-order valence-corrected chi connectivity index (χ0v) is 11.1. The van der Waals surface area contributed by atoms with Crippen LogP contribution in [-0.2, 0) is 4.74 Å². The number of nitrogens with one attached hydrogen (secondary N) is 3. The molecule has 2 aromatic rings. The first-order valence-electron chi connectivity index (χ1n) is 6.51. The number of aromatic amines is 1. The molecular formula is C12H18N6O. The van der Waals surface area contributed by atoms with Gasteiger partial charge < -0.3 is 20.4 Å². The van der Waals surface area contributed by atoms with Gasteiger partial charge in [-0.1, -0.05) is 0 Å². The molecule has 3 rings (SSSR count). The van der Waals surface area contributed by atoms with Crippen molar-refractivity contribution in [3.05, 3.63) is 6.33 Å². The van der Waals surface area contributed by atoms with Crippen molar-refractivity contribution in [2.45, 2.75) is 19.4 Å². The van der Waals surface area contributed by atoms with Crippen molar-refractivity contribution in [2.24, 2.45) is 5.92 Å². The van der Waals surface area contributed by atoms with Gasteiger partial charge in [0.25, 0.3) is 0 Å². The number of ether oxygens (including phenoxy) is 1. The fourth-order valence-corrected chi connectivity index (χ4v) is 2.33. The van der Waals surface area contributed by atoms with E-state index in [-0.39, 0.29) is 0 Å². The zero-order chi connectivity index (χ0) is 13.2. The Morgan fingerprint density at radius 3 is 3.11 bits per heavy atom. The Kier molecular flexibility index (Phi) is 3.20. The van der Waals surface area contributed by atoms with E-state index in [1.165, 1.54) is 0 Å². The number of anilines is 2. The van der Waals surface area contributed by atoms with Crippen molar-refractivity contribution >= 4 is 22.9 Å². The Hall–Kier alpha value is -1.89. The number of imidazole rings is 1. The first-order chi connectivity index (χ1) is 9.28. The van der Waals surface area contributed by atoms with Crippen LogP contribution < -0.4 is 10.6 Å². The summed E-state index contributed by atoms with van der Waals surface area (Å²) in [6.45, 7) is 3.81. The topological polar surface area (TPSA) is 87.8 Å². The monoisotopic (exact) mass is 262 g/mol. The van der Waals surface area contributed by atoms with E-state index < -0.39 is 0 Å². The van der Waals surface area contributed by atoms with Crippen LogP contribution in [0.2, 0.25) is 0 Å². The Morgan fingerprint density at radius 2 is 2.37 bits per heavy atom. The second-order valence-electron chi connectivity index (χ2n) is 4.80. The maximum atomic E-state index is 5.43. The predicted molar refractivity (Wildman–Crippen MR) is 73.2 cm³/mol. The number of aromatic nitrogens is 4. The van der Waals surface area contributed by atoms with Crippen LogP contribution in [-0.4, -0.2) is 46.2 Å². The third-order valence-corrected chi connectivity index (χ3v) is 3.55. The summed E-state index contributed by atoms with van der Waals surface area (Å²) in [6, 6.07) is 0.300. The Bertz CT molecular complexity index is 562. The fraction of sp³-hybridized carbons (Fsp3) is 0.583. The minimum Gasteiger partial charge on any atom is -0.381 e. The third-order valence-electron chi connectivity index (χ3n) is 3.55. The molecule has 1 saturated heterocycles. The highest BCUT2D eigenvalue weighted by Gasteiger charge is 2.23. The highest BCUT2D eigenvalue weighted by atomic mass is 16.5. The van der Waals surface area contributed by atoms with Gasteiger partial charge in [0.15, 0.2) is 11.5 Å². The molecule has 7 nitrogen and oxygen atoms in total. The molecule has 1 aliphatic heterocycles. The second kappa shape index (κ2) is 5.00. The van der Waals surface area contributed by atoms with Crippen LogP contribution in [0.15, 0.2) is 6.33 Å². The molecule has 0 aliphatic carbocycles. The zero-order valence-electron chi connectivity index (χ0n) is 11.1. The summed E-state index contributed by atoms with van der Waals surface area (Å²) < 4.78 is 5.43. The smallest absolute Gasteiger partial charge is 0.226 e. The number of rotatable bonds is 4. The molecule has 2 unspecified atom stereocenters. The summed E-state index contributed by atoms with van der Waals surface area (Å²) in [7, 11) is 1.80. The quantitative estimate of drug-likeness (QED) is 0.768. The first kappa shape index (κ1) is 12.2. The van der Waals surface area contributed by atoms with Gasteiger partial charge in [0, 0.05) is 25.6 Å². The molecule has 0 saturated carbocycles. The van der Waals surface area contributed by atoms with Crippen molar-refractivity contribution in [1.29, 1.82) is 0 Å². The number of H-pyrrole nitrogens is 1. The average Bonchev–Trinajstić information content (AvgIpc) is 3.09. The number of hydrogen-bond donors (Lipinski definition) is 3. The van der Waals surface area contributed by atoms with E-state index in [2.05, 4.69) is 37.5 Å². The molecule has 7 heteroatoms.